The molecule has 1 fully saturated rings. The summed E-state index contributed by atoms with van der Waals surface area (Å²) in [7, 11) is -2.05. The predicted octanol–water partition coefficient (Wildman–Crippen LogP) is 3.44. The van der Waals surface area contributed by atoms with Crippen LogP contribution in [0, 0.1) is 0 Å². The summed E-state index contributed by atoms with van der Waals surface area (Å²) in [6.07, 6.45) is -1.63. The van der Waals surface area contributed by atoms with Gasteiger partial charge in [-0.15, -0.1) is 0 Å². The summed E-state index contributed by atoms with van der Waals surface area (Å²) < 4.78 is 22.9. The molecule has 1 aliphatic heterocycles. The summed E-state index contributed by atoms with van der Waals surface area (Å²) in [5.41, 5.74) is 1.35. The second-order valence-corrected chi connectivity index (χ2v) is 13.2. The van der Waals surface area contributed by atoms with Crippen LogP contribution in [0.3, 0.4) is 0 Å². The van der Waals surface area contributed by atoms with Gasteiger partial charge in [-0.2, -0.15) is 0 Å². The number of hydrogen-bond donors (Lipinski definition) is 0. The molecule has 0 N–H and O–H groups in total. The van der Waals surface area contributed by atoms with Crippen LogP contribution in [0.5, 0.6) is 0 Å². The Morgan fingerprint density at radius 2 is 1.44 bits per heavy atom. The highest BCUT2D eigenvalue weighted by Crippen LogP contribution is 2.42. The molecule has 1 rings (SSSR count). The molecule has 2 unspecified atom stereocenters. The van der Waals surface area contributed by atoms with Crippen molar-refractivity contribution in [1.29, 1.82) is 0 Å². The maximum atomic E-state index is 11.5. The molecular weight excluding hydrogens is 340 g/mol. The van der Waals surface area contributed by atoms with Crippen LogP contribution >= 0.6 is 0 Å². The van der Waals surface area contributed by atoms with Gasteiger partial charge in [0.05, 0.1) is 13.2 Å². The van der Waals surface area contributed by atoms with Crippen molar-refractivity contribution < 1.29 is 28.2 Å². The third-order valence-electron chi connectivity index (χ3n) is 5.03. The van der Waals surface area contributed by atoms with Crippen molar-refractivity contribution in [2.24, 2.45) is 0 Å². The minimum Gasteiger partial charge on any atom is -0.456 e. The monoisotopic (exact) mass is 374 g/mol. The average molecular weight is 375 g/mol. The second-order valence-electron chi connectivity index (χ2n) is 7.72. The maximum Gasteiger partial charge on any atom is 0.303 e. The van der Waals surface area contributed by atoms with Crippen LogP contribution in [0.15, 0.2) is 0 Å². The molecule has 0 bridgehead atoms. The van der Waals surface area contributed by atoms with Crippen LogP contribution in [-0.2, 0) is 28.2 Å². The lowest BCUT2D eigenvalue weighted by Gasteiger charge is -2.43. The highest BCUT2D eigenvalue weighted by molar-refractivity contribution is 6.77. The van der Waals surface area contributed by atoms with Crippen LogP contribution in [0.2, 0.25) is 16.6 Å². The number of ether oxygens (including phenoxy) is 3. The molecule has 146 valence electrons. The summed E-state index contributed by atoms with van der Waals surface area (Å²) in [6.45, 7) is 16.5. The second kappa shape index (κ2) is 9.14. The van der Waals surface area contributed by atoms with Crippen molar-refractivity contribution in [2.75, 3.05) is 13.2 Å². The molecule has 1 aliphatic rings. The van der Waals surface area contributed by atoms with Gasteiger partial charge in [-0.05, 0) is 16.6 Å². The van der Waals surface area contributed by atoms with Crippen LogP contribution < -0.4 is 0 Å². The van der Waals surface area contributed by atoms with E-state index in [9.17, 15) is 9.59 Å². The highest BCUT2D eigenvalue weighted by Gasteiger charge is 2.48. The first-order chi connectivity index (χ1) is 11.5. The SMILES string of the molecule is CC(=O)OC1CO[C@H](CO[Si](C(C)C)(C(C)C)C(C)C)C1OC(C)=O. The topological polar surface area (TPSA) is 71.1 Å². The van der Waals surface area contributed by atoms with E-state index in [2.05, 4.69) is 41.5 Å². The highest BCUT2D eigenvalue weighted by atomic mass is 28.4. The van der Waals surface area contributed by atoms with Gasteiger partial charge in [-0.25, -0.2) is 0 Å². The molecule has 7 heteroatoms. The first-order valence-corrected chi connectivity index (χ1v) is 11.3. The Morgan fingerprint density at radius 3 is 1.84 bits per heavy atom. The van der Waals surface area contributed by atoms with Gasteiger partial charge in [0, 0.05) is 13.8 Å². The van der Waals surface area contributed by atoms with Crippen molar-refractivity contribution in [1.82, 2.24) is 0 Å². The van der Waals surface area contributed by atoms with Gasteiger partial charge in [0.1, 0.15) is 6.10 Å². The minimum atomic E-state index is -2.05. The molecule has 1 heterocycles. The first kappa shape index (κ1) is 22.1. The molecule has 0 spiro atoms. The van der Waals surface area contributed by atoms with Gasteiger partial charge < -0.3 is 18.6 Å². The van der Waals surface area contributed by atoms with E-state index in [1.54, 1.807) is 0 Å². The molecule has 3 atom stereocenters. The van der Waals surface area contributed by atoms with Crippen LogP contribution in [0.1, 0.15) is 55.4 Å². The largest absolute Gasteiger partial charge is 0.456 e. The summed E-state index contributed by atoms with van der Waals surface area (Å²) in [6, 6.07) is 0. The molecule has 6 nitrogen and oxygen atoms in total. The molecule has 0 aromatic heterocycles. The van der Waals surface area contributed by atoms with Gasteiger partial charge in [-0.3, -0.25) is 9.59 Å². The van der Waals surface area contributed by atoms with Gasteiger partial charge >= 0.3 is 11.9 Å². The molecule has 0 aromatic carbocycles. The zero-order valence-corrected chi connectivity index (χ0v) is 17.8. The molecule has 0 amide bonds. The summed E-state index contributed by atoms with van der Waals surface area (Å²) >= 11 is 0. The van der Waals surface area contributed by atoms with E-state index in [4.69, 9.17) is 18.6 Å². The molecule has 0 saturated carbocycles. The van der Waals surface area contributed by atoms with Crippen molar-refractivity contribution in [3.8, 4) is 0 Å². The number of carbonyl (C=O) groups excluding carboxylic acids is 2. The Kier molecular flexibility index (Phi) is 8.09. The molecule has 0 aliphatic carbocycles. The maximum absolute atomic E-state index is 11.5. The molecular formula is C18H34O6Si. The Hall–Kier alpha value is -0.923. The lowest BCUT2D eigenvalue weighted by Crippen LogP contribution is -2.50. The lowest BCUT2D eigenvalue weighted by atomic mass is 10.1. The van der Waals surface area contributed by atoms with Crippen LogP contribution in [0.4, 0.5) is 0 Å². The first-order valence-electron chi connectivity index (χ1n) is 9.12. The summed E-state index contributed by atoms with van der Waals surface area (Å²) in [4.78, 5) is 22.7. The zero-order chi connectivity index (χ0) is 19.4. The Morgan fingerprint density at radius 1 is 0.960 bits per heavy atom. The molecule has 0 aromatic rings. The van der Waals surface area contributed by atoms with E-state index >= 15 is 0 Å². The van der Waals surface area contributed by atoms with E-state index in [0.29, 0.717) is 23.2 Å². The molecule has 0 radical (unpaired) electrons. The molecule has 25 heavy (non-hydrogen) atoms. The fraction of sp³-hybridized carbons (Fsp3) is 0.889. The van der Waals surface area contributed by atoms with Crippen molar-refractivity contribution >= 4 is 20.3 Å². The fourth-order valence-corrected chi connectivity index (χ4v) is 9.63. The van der Waals surface area contributed by atoms with E-state index in [0.717, 1.165) is 0 Å². The number of hydrogen-bond acceptors (Lipinski definition) is 6. The van der Waals surface area contributed by atoms with E-state index in [1.165, 1.54) is 13.8 Å². The number of esters is 2. The Balaban J connectivity index is 2.91. The van der Waals surface area contributed by atoms with E-state index in [1.807, 2.05) is 0 Å². The normalized spacial score (nSPS) is 24.2. The van der Waals surface area contributed by atoms with E-state index in [-0.39, 0.29) is 6.61 Å². The van der Waals surface area contributed by atoms with Crippen molar-refractivity contribution in [3.63, 3.8) is 0 Å². The summed E-state index contributed by atoms with van der Waals surface area (Å²) in [5, 5.41) is 0. The number of rotatable bonds is 8. The fourth-order valence-electron chi connectivity index (χ4n) is 4.17. The standard InChI is InChI=1S/C18H34O6Si/c1-11(2)25(12(3)4,13(5)6)22-10-16-18(24-15(8)20)17(9-21-16)23-14(7)19/h11-13,16-18H,9-10H2,1-8H3/t16-,17?,18?/m1/s1. The van der Waals surface area contributed by atoms with Gasteiger partial charge in [0.25, 0.3) is 0 Å². The average Bonchev–Trinajstić information content (AvgIpc) is 2.79. The lowest BCUT2D eigenvalue weighted by molar-refractivity contribution is -0.163. The third-order valence-corrected chi connectivity index (χ3v) is 11.1. The van der Waals surface area contributed by atoms with E-state index < -0.39 is 38.6 Å². The quantitative estimate of drug-likeness (QED) is 0.479. The Bertz CT molecular complexity index is 441. The van der Waals surface area contributed by atoms with Gasteiger partial charge in [0.2, 0.25) is 0 Å². The summed E-state index contributed by atoms with van der Waals surface area (Å²) in [5.74, 6) is -0.833. The van der Waals surface area contributed by atoms with Crippen molar-refractivity contribution in [2.45, 2.75) is 90.3 Å². The Labute approximate surface area is 152 Å². The van der Waals surface area contributed by atoms with Crippen LogP contribution in [0.25, 0.3) is 0 Å². The van der Waals surface area contributed by atoms with Crippen molar-refractivity contribution in [3.05, 3.63) is 0 Å². The predicted molar refractivity (Wildman–Crippen MR) is 97.8 cm³/mol. The smallest absolute Gasteiger partial charge is 0.303 e. The molecule has 1 saturated heterocycles. The van der Waals surface area contributed by atoms with Crippen LogP contribution in [-0.4, -0.2) is 51.8 Å². The third kappa shape index (κ3) is 5.28. The van der Waals surface area contributed by atoms with Gasteiger partial charge in [0.15, 0.2) is 20.5 Å². The minimum absolute atomic E-state index is 0.213. The number of carbonyl (C=O) groups is 2. The zero-order valence-electron chi connectivity index (χ0n) is 16.8. The van der Waals surface area contributed by atoms with Gasteiger partial charge in [-0.1, -0.05) is 41.5 Å².